The van der Waals surface area contributed by atoms with Crippen LogP contribution in [-0.4, -0.2) is 43.7 Å². The minimum absolute atomic E-state index is 0.0246. The number of sulfonamides is 1. The molecule has 0 atom stereocenters. The number of aromatic nitrogens is 2. The highest BCUT2D eigenvalue weighted by Crippen LogP contribution is 2.17. The maximum absolute atomic E-state index is 12.9. The second kappa shape index (κ2) is 9.71. The third kappa shape index (κ3) is 5.01. The predicted octanol–water partition coefficient (Wildman–Crippen LogP) is 1.51. The first-order valence-corrected chi connectivity index (χ1v) is 11.2. The van der Waals surface area contributed by atoms with Gasteiger partial charge in [-0.25, -0.2) is 17.8 Å². The van der Waals surface area contributed by atoms with Crippen molar-refractivity contribution in [3.63, 3.8) is 0 Å². The summed E-state index contributed by atoms with van der Waals surface area (Å²) in [5.74, 6) is -1.06. The van der Waals surface area contributed by atoms with Crippen LogP contribution in [-0.2, 0) is 26.1 Å². The number of hydrogen-bond acceptors (Lipinski definition) is 7. The molecular formula is C21H22N4O6S. The van der Waals surface area contributed by atoms with Crippen molar-refractivity contribution < 1.29 is 22.7 Å². The minimum atomic E-state index is -3.83. The Morgan fingerprint density at radius 3 is 2.34 bits per heavy atom. The third-order valence-corrected chi connectivity index (χ3v) is 6.13. The molecule has 2 N–H and O–H groups in total. The van der Waals surface area contributed by atoms with E-state index in [9.17, 15) is 22.8 Å². The first-order valence-electron chi connectivity index (χ1n) is 9.74. The zero-order valence-corrected chi connectivity index (χ0v) is 18.3. The Kier molecular flexibility index (Phi) is 7.01. The predicted molar refractivity (Wildman–Crippen MR) is 118 cm³/mol. The van der Waals surface area contributed by atoms with E-state index >= 15 is 0 Å². The van der Waals surface area contributed by atoms with Crippen molar-refractivity contribution in [1.29, 1.82) is 0 Å². The van der Waals surface area contributed by atoms with Gasteiger partial charge in [-0.2, -0.15) is 5.10 Å². The third-order valence-electron chi connectivity index (χ3n) is 4.65. The number of methoxy groups -OCH3 is 1. The van der Waals surface area contributed by atoms with Crippen molar-refractivity contribution in [3.8, 4) is 0 Å². The topological polar surface area (TPSA) is 136 Å². The normalized spacial score (nSPS) is 11.3. The molecule has 3 rings (SSSR count). The number of aryl methyl sites for hydroxylation is 1. The second-order valence-electron chi connectivity index (χ2n) is 6.72. The van der Waals surface area contributed by atoms with Gasteiger partial charge in [-0.1, -0.05) is 18.2 Å². The van der Waals surface area contributed by atoms with Crippen LogP contribution in [0.25, 0.3) is 10.8 Å². The standard InChI is InChI=1S/C21H22N4O6S/c1-3-25-21(28)17-7-5-4-6-16(17)19(24-25)20(27)23-14-8-10-15(11-9-14)32(29,30)22-13-12-18(26)31-2/h4-11,22H,3,12-13H2,1-2H3,(H,23,27). The highest BCUT2D eigenvalue weighted by molar-refractivity contribution is 7.89. The van der Waals surface area contributed by atoms with Gasteiger partial charge in [0.2, 0.25) is 10.0 Å². The van der Waals surface area contributed by atoms with Gasteiger partial charge in [0, 0.05) is 24.2 Å². The summed E-state index contributed by atoms with van der Waals surface area (Å²) in [4.78, 5) is 36.4. The van der Waals surface area contributed by atoms with Crippen LogP contribution in [0.3, 0.4) is 0 Å². The fourth-order valence-corrected chi connectivity index (χ4v) is 4.03. The average Bonchev–Trinajstić information content (AvgIpc) is 2.79. The number of benzene rings is 2. The Bertz CT molecular complexity index is 1320. The summed E-state index contributed by atoms with van der Waals surface area (Å²) < 4.78 is 32.6. The van der Waals surface area contributed by atoms with Crippen molar-refractivity contribution in [2.24, 2.45) is 0 Å². The molecule has 0 spiro atoms. The van der Waals surface area contributed by atoms with Crippen LogP contribution in [0.2, 0.25) is 0 Å². The van der Waals surface area contributed by atoms with Gasteiger partial charge in [0.25, 0.3) is 11.5 Å². The first kappa shape index (κ1) is 23.1. The van der Waals surface area contributed by atoms with E-state index in [1.54, 1.807) is 31.2 Å². The molecule has 0 aliphatic rings. The first-order chi connectivity index (χ1) is 15.3. The summed E-state index contributed by atoms with van der Waals surface area (Å²) in [6, 6.07) is 12.2. The van der Waals surface area contributed by atoms with E-state index < -0.39 is 21.9 Å². The van der Waals surface area contributed by atoms with Crippen LogP contribution >= 0.6 is 0 Å². The number of nitrogens with zero attached hydrogens (tertiary/aromatic N) is 2. The van der Waals surface area contributed by atoms with Crippen LogP contribution in [0, 0.1) is 0 Å². The molecule has 1 aromatic heterocycles. The molecule has 1 heterocycles. The Labute approximate surface area is 184 Å². The number of rotatable bonds is 8. The van der Waals surface area contributed by atoms with Crippen LogP contribution in [0.5, 0.6) is 0 Å². The Hall–Kier alpha value is -3.57. The molecular weight excluding hydrogens is 436 g/mol. The minimum Gasteiger partial charge on any atom is -0.469 e. The molecule has 10 nitrogen and oxygen atoms in total. The molecule has 0 fully saturated rings. The van der Waals surface area contributed by atoms with Crippen LogP contribution in [0.1, 0.15) is 23.8 Å². The zero-order chi connectivity index (χ0) is 23.3. The van der Waals surface area contributed by atoms with Crippen LogP contribution < -0.4 is 15.6 Å². The molecule has 0 aliphatic carbocycles. The fraction of sp³-hybridized carbons (Fsp3) is 0.238. The van der Waals surface area contributed by atoms with E-state index in [2.05, 4.69) is 19.9 Å². The molecule has 0 radical (unpaired) electrons. The van der Waals surface area contributed by atoms with Gasteiger partial charge >= 0.3 is 5.97 Å². The van der Waals surface area contributed by atoms with Gasteiger partial charge in [-0.3, -0.25) is 14.4 Å². The Balaban J connectivity index is 1.79. The number of anilines is 1. The number of carbonyl (C=O) groups is 2. The average molecular weight is 458 g/mol. The highest BCUT2D eigenvalue weighted by Gasteiger charge is 2.18. The lowest BCUT2D eigenvalue weighted by atomic mass is 10.1. The van der Waals surface area contributed by atoms with Gasteiger partial charge < -0.3 is 10.1 Å². The molecule has 0 saturated heterocycles. The number of nitrogens with one attached hydrogen (secondary N) is 2. The van der Waals surface area contributed by atoms with Crippen molar-refractivity contribution in [2.75, 3.05) is 19.0 Å². The number of hydrogen-bond donors (Lipinski definition) is 2. The smallest absolute Gasteiger partial charge is 0.306 e. The Morgan fingerprint density at radius 2 is 1.72 bits per heavy atom. The van der Waals surface area contributed by atoms with E-state index in [1.165, 1.54) is 36.1 Å². The van der Waals surface area contributed by atoms with Crippen molar-refractivity contribution in [1.82, 2.24) is 14.5 Å². The van der Waals surface area contributed by atoms with Crippen molar-refractivity contribution >= 4 is 38.4 Å². The van der Waals surface area contributed by atoms with Gasteiger partial charge in [0.1, 0.15) is 0 Å². The number of amides is 1. The number of carbonyl (C=O) groups excluding carboxylic acids is 2. The largest absolute Gasteiger partial charge is 0.469 e. The highest BCUT2D eigenvalue weighted by atomic mass is 32.2. The number of ether oxygens (including phenoxy) is 1. The molecule has 3 aromatic rings. The maximum atomic E-state index is 12.9. The summed E-state index contributed by atoms with van der Waals surface area (Å²) in [7, 11) is -2.60. The molecule has 2 aromatic carbocycles. The van der Waals surface area contributed by atoms with Crippen LogP contribution in [0.15, 0.2) is 58.2 Å². The molecule has 0 unspecified atom stereocenters. The van der Waals surface area contributed by atoms with Gasteiger partial charge in [-0.05, 0) is 37.3 Å². The number of fused-ring (bicyclic) bond motifs is 1. The zero-order valence-electron chi connectivity index (χ0n) is 17.5. The maximum Gasteiger partial charge on any atom is 0.306 e. The fourth-order valence-electron chi connectivity index (χ4n) is 3.00. The summed E-state index contributed by atoms with van der Waals surface area (Å²) in [6.07, 6.45) is -0.0925. The molecule has 11 heteroatoms. The SMILES string of the molecule is CCn1nc(C(=O)Nc2ccc(S(=O)(=O)NCCC(=O)OC)cc2)c2ccccc2c1=O. The molecule has 1 amide bonds. The molecule has 0 saturated carbocycles. The number of esters is 1. The van der Waals surface area contributed by atoms with E-state index in [0.29, 0.717) is 23.0 Å². The van der Waals surface area contributed by atoms with Crippen molar-refractivity contribution in [3.05, 3.63) is 64.6 Å². The van der Waals surface area contributed by atoms with Gasteiger partial charge in [0.05, 0.1) is 23.8 Å². The summed E-state index contributed by atoms with van der Waals surface area (Å²) >= 11 is 0. The quantitative estimate of drug-likeness (QED) is 0.488. The van der Waals surface area contributed by atoms with Crippen molar-refractivity contribution in [2.45, 2.75) is 24.8 Å². The van der Waals surface area contributed by atoms with Crippen LogP contribution in [0.4, 0.5) is 5.69 Å². The molecule has 0 aliphatic heterocycles. The van der Waals surface area contributed by atoms with E-state index in [1.807, 2.05) is 0 Å². The Morgan fingerprint density at radius 1 is 1.06 bits per heavy atom. The van der Waals surface area contributed by atoms with Gasteiger partial charge in [-0.15, -0.1) is 0 Å². The summed E-state index contributed by atoms with van der Waals surface area (Å²) in [5.41, 5.74) is 0.153. The van der Waals surface area contributed by atoms with E-state index in [-0.39, 0.29) is 29.1 Å². The van der Waals surface area contributed by atoms with E-state index in [4.69, 9.17) is 0 Å². The lowest BCUT2D eigenvalue weighted by Crippen LogP contribution is -2.27. The lowest BCUT2D eigenvalue weighted by Gasteiger charge is -2.11. The molecule has 0 bridgehead atoms. The molecule has 168 valence electrons. The summed E-state index contributed by atoms with van der Waals surface area (Å²) in [5, 5.41) is 7.66. The molecule has 32 heavy (non-hydrogen) atoms. The lowest BCUT2D eigenvalue weighted by molar-refractivity contribution is -0.140. The summed E-state index contributed by atoms with van der Waals surface area (Å²) in [6.45, 7) is 1.96. The van der Waals surface area contributed by atoms with E-state index in [0.717, 1.165) is 0 Å². The van der Waals surface area contributed by atoms with Gasteiger partial charge in [0.15, 0.2) is 5.69 Å². The monoisotopic (exact) mass is 458 g/mol. The second-order valence-corrected chi connectivity index (χ2v) is 8.48.